The average molecular weight is 326 g/mol. The lowest BCUT2D eigenvalue weighted by molar-refractivity contribution is -0.138. The van der Waals surface area contributed by atoms with Gasteiger partial charge >= 0.3 is 5.97 Å². The molecule has 1 aliphatic rings. The number of hydrogen-bond donors (Lipinski definition) is 2. The first-order valence-electron chi connectivity index (χ1n) is 6.96. The summed E-state index contributed by atoms with van der Waals surface area (Å²) in [5.41, 5.74) is 0. The van der Waals surface area contributed by atoms with E-state index in [1.165, 1.54) is 16.4 Å². The van der Waals surface area contributed by atoms with E-state index >= 15 is 0 Å². The van der Waals surface area contributed by atoms with Crippen molar-refractivity contribution in [1.82, 2.24) is 9.62 Å². The predicted molar refractivity (Wildman–Crippen MR) is 78.6 cm³/mol. The molecule has 0 saturated carbocycles. The average Bonchev–Trinajstić information content (AvgIpc) is 2.53. The second-order valence-electron chi connectivity index (χ2n) is 5.13. The van der Waals surface area contributed by atoms with Gasteiger partial charge in [-0.15, -0.1) is 0 Å². The van der Waals surface area contributed by atoms with E-state index in [0.29, 0.717) is 19.4 Å². The van der Waals surface area contributed by atoms with Gasteiger partial charge in [-0.05, 0) is 25.0 Å². The number of hydrogen-bond acceptors (Lipinski definition) is 4. The number of benzene rings is 1. The Hall–Kier alpha value is -1.93. The normalized spacial score (nSPS) is 19.5. The largest absolute Gasteiger partial charge is 0.480 e. The maximum Gasteiger partial charge on any atom is 0.322 e. The number of carbonyl (C=O) groups excluding carboxylic acids is 1. The molecule has 1 saturated heterocycles. The number of carbonyl (C=O) groups is 2. The lowest BCUT2D eigenvalue weighted by Crippen LogP contribution is -2.46. The van der Waals surface area contributed by atoms with Gasteiger partial charge in [0.05, 0.1) is 10.8 Å². The fraction of sp³-hybridized carbons (Fsp3) is 0.429. The Balaban J connectivity index is 2.07. The van der Waals surface area contributed by atoms with E-state index in [0.717, 1.165) is 0 Å². The lowest BCUT2D eigenvalue weighted by Gasteiger charge is -2.31. The summed E-state index contributed by atoms with van der Waals surface area (Å²) in [6.07, 6.45) is 1.11. The third-order valence-electron chi connectivity index (χ3n) is 3.55. The Labute approximate surface area is 129 Å². The van der Waals surface area contributed by atoms with Crippen molar-refractivity contribution >= 4 is 21.9 Å². The molecule has 0 aliphatic carbocycles. The number of carboxylic acid groups (broad SMARTS) is 1. The standard InChI is InChI=1S/C14H18N2O5S/c17-13(18)9-15-14(19)11-5-4-8-16(10-11)22(20,21)12-6-2-1-3-7-12/h1-3,6-7,11H,4-5,8-10H2,(H,15,19)(H,17,18). The molecule has 1 aliphatic heterocycles. The lowest BCUT2D eigenvalue weighted by atomic mass is 9.99. The van der Waals surface area contributed by atoms with Crippen molar-refractivity contribution in [3.8, 4) is 0 Å². The zero-order chi connectivity index (χ0) is 16.2. The summed E-state index contributed by atoms with van der Waals surface area (Å²) in [5.74, 6) is -2.07. The number of piperidine rings is 1. The smallest absolute Gasteiger partial charge is 0.322 e. The van der Waals surface area contributed by atoms with Gasteiger partial charge in [0.2, 0.25) is 15.9 Å². The molecule has 0 bridgehead atoms. The zero-order valence-corrected chi connectivity index (χ0v) is 12.8. The van der Waals surface area contributed by atoms with Crippen LogP contribution in [0.3, 0.4) is 0 Å². The van der Waals surface area contributed by atoms with E-state index in [9.17, 15) is 18.0 Å². The van der Waals surface area contributed by atoms with Gasteiger partial charge in [0.25, 0.3) is 0 Å². The van der Waals surface area contributed by atoms with Crippen LogP contribution >= 0.6 is 0 Å². The molecule has 2 rings (SSSR count). The molecule has 1 heterocycles. The van der Waals surface area contributed by atoms with Gasteiger partial charge in [0.15, 0.2) is 0 Å². The number of nitrogens with one attached hydrogen (secondary N) is 1. The van der Waals surface area contributed by atoms with Crippen LogP contribution in [-0.4, -0.2) is 49.3 Å². The number of rotatable bonds is 5. The van der Waals surface area contributed by atoms with Crippen LogP contribution in [0, 0.1) is 5.92 Å². The van der Waals surface area contributed by atoms with Gasteiger partial charge < -0.3 is 10.4 Å². The first kappa shape index (κ1) is 16.4. The minimum atomic E-state index is -3.62. The van der Waals surface area contributed by atoms with Crippen LogP contribution in [0.2, 0.25) is 0 Å². The highest BCUT2D eigenvalue weighted by molar-refractivity contribution is 7.89. The Morgan fingerprint density at radius 1 is 1.27 bits per heavy atom. The summed E-state index contributed by atoms with van der Waals surface area (Å²) in [6, 6.07) is 8.06. The van der Waals surface area contributed by atoms with Gasteiger partial charge in [-0.1, -0.05) is 18.2 Å². The third-order valence-corrected chi connectivity index (χ3v) is 5.43. The summed E-state index contributed by atoms with van der Waals surface area (Å²) >= 11 is 0. The fourth-order valence-corrected chi connectivity index (χ4v) is 3.97. The Morgan fingerprint density at radius 2 is 1.95 bits per heavy atom. The second kappa shape index (κ2) is 6.89. The summed E-state index contributed by atoms with van der Waals surface area (Å²) in [7, 11) is -3.62. The second-order valence-corrected chi connectivity index (χ2v) is 7.06. The molecule has 8 heteroatoms. The van der Waals surface area contributed by atoms with Crippen LogP contribution in [0.5, 0.6) is 0 Å². The highest BCUT2D eigenvalue weighted by Gasteiger charge is 2.33. The van der Waals surface area contributed by atoms with Crippen molar-refractivity contribution in [2.75, 3.05) is 19.6 Å². The number of nitrogens with zero attached hydrogens (tertiary/aromatic N) is 1. The summed E-state index contributed by atoms with van der Waals surface area (Å²) in [4.78, 5) is 22.6. The van der Waals surface area contributed by atoms with Crippen molar-refractivity contribution in [3.05, 3.63) is 30.3 Å². The van der Waals surface area contributed by atoms with Crippen LogP contribution in [0.25, 0.3) is 0 Å². The molecule has 1 unspecified atom stereocenters. The molecule has 7 nitrogen and oxygen atoms in total. The fourth-order valence-electron chi connectivity index (χ4n) is 2.42. The minimum Gasteiger partial charge on any atom is -0.480 e. The monoisotopic (exact) mass is 326 g/mol. The Kier molecular flexibility index (Phi) is 5.15. The molecule has 0 radical (unpaired) electrons. The highest BCUT2D eigenvalue weighted by Crippen LogP contribution is 2.23. The van der Waals surface area contributed by atoms with E-state index in [4.69, 9.17) is 5.11 Å². The maximum atomic E-state index is 12.5. The molecular weight excluding hydrogens is 308 g/mol. The summed E-state index contributed by atoms with van der Waals surface area (Å²) in [6.45, 7) is -0.0244. The van der Waals surface area contributed by atoms with Crippen LogP contribution in [0.15, 0.2) is 35.2 Å². The highest BCUT2D eigenvalue weighted by atomic mass is 32.2. The maximum absolute atomic E-state index is 12.5. The van der Waals surface area contributed by atoms with Crippen molar-refractivity contribution < 1.29 is 23.1 Å². The molecule has 22 heavy (non-hydrogen) atoms. The topological polar surface area (TPSA) is 104 Å². The van der Waals surface area contributed by atoms with E-state index in [1.807, 2.05) is 0 Å². The van der Waals surface area contributed by atoms with Crippen molar-refractivity contribution in [3.63, 3.8) is 0 Å². The quantitative estimate of drug-likeness (QED) is 0.809. The zero-order valence-electron chi connectivity index (χ0n) is 11.9. The van der Waals surface area contributed by atoms with Crippen LogP contribution in [0.4, 0.5) is 0 Å². The molecule has 1 fully saturated rings. The first-order valence-corrected chi connectivity index (χ1v) is 8.40. The van der Waals surface area contributed by atoms with Crippen molar-refractivity contribution in [1.29, 1.82) is 0 Å². The van der Waals surface area contributed by atoms with Gasteiger partial charge in [-0.25, -0.2) is 8.42 Å². The molecule has 1 aromatic carbocycles. The van der Waals surface area contributed by atoms with Gasteiger partial charge in [0, 0.05) is 13.1 Å². The number of aliphatic carboxylic acids is 1. The Morgan fingerprint density at radius 3 is 2.59 bits per heavy atom. The van der Waals surface area contributed by atoms with Crippen molar-refractivity contribution in [2.45, 2.75) is 17.7 Å². The minimum absolute atomic E-state index is 0.0721. The summed E-state index contributed by atoms with van der Waals surface area (Å²) < 4.78 is 26.3. The van der Waals surface area contributed by atoms with E-state index in [2.05, 4.69) is 5.32 Å². The van der Waals surface area contributed by atoms with E-state index in [-0.39, 0.29) is 11.4 Å². The SMILES string of the molecule is O=C(O)CNC(=O)C1CCCN(S(=O)(=O)c2ccccc2)C1. The number of carboxylic acids is 1. The first-order chi connectivity index (χ1) is 10.4. The summed E-state index contributed by atoms with van der Waals surface area (Å²) in [5, 5.41) is 10.9. The molecule has 0 spiro atoms. The number of amides is 1. The molecule has 120 valence electrons. The third kappa shape index (κ3) is 3.83. The number of sulfonamides is 1. The molecule has 1 aromatic rings. The van der Waals surface area contributed by atoms with Crippen LogP contribution in [0.1, 0.15) is 12.8 Å². The molecule has 2 N–H and O–H groups in total. The molecule has 1 atom stereocenters. The van der Waals surface area contributed by atoms with Gasteiger partial charge in [0.1, 0.15) is 6.54 Å². The van der Waals surface area contributed by atoms with Gasteiger partial charge in [-0.3, -0.25) is 9.59 Å². The Bertz CT molecular complexity index is 644. The van der Waals surface area contributed by atoms with Crippen molar-refractivity contribution in [2.24, 2.45) is 5.92 Å². The molecule has 0 aromatic heterocycles. The van der Waals surface area contributed by atoms with Crippen LogP contribution in [-0.2, 0) is 19.6 Å². The van der Waals surface area contributed by atoms with Crippen LogP contribution < -0.4 is 5.32 Å². The van der Waals surface area contributed by atoms with Gasteiger partial charge in [-0.2, -0.15) is 4.31 Å². The predicted octanol–water partition coefficient (Wildman–Crippen LogP) is 0.288. The van der Waals surface area contributed by atoms with E-state index < -0.39 is 34.4 Å². The molecule has 1 amide bonds. The van der Waals surface area contributed by atoms with E-state index in [1.54, 1.807) is 18.2 Å². The molecular formula is C14H18N2O5S.